The second-order valence-corrected chi connectivity index (χ2v) is 11.9. The quantitative estimate of drug-likeness (QED) is 0.253. The van der Waals surface area contributed by atoms with Gasteiger partial charge in [0.2, 0.25) is 11.0 Å². The van der Waals surface area contributed by atoms with Crippen LogP contribution >= 0.6 is 22.7 Å². The van der Waals surface area contributed by atoms with E-state index in [9.17, 15) is 13.0 Å². The highest BCUT2D eigenvalue weighted by atomic mass is 35.5. The summed E-state index contributed by atoms with van der Waals surface area (Å²) in [6, 6.07) is 18.4. The van der Waals surface area contributed by atoms with Crippen molar-refractivity contribution in [3.8, 4) is 21.1 Å². The Labute approximate surface area is 218 Å². The number of nitrogens with zero attached hydrogens (tertiary/aromatic N) is 3. The third-order valence-corrected chi connectivity index (χ3v) is 9.84. The molecule has 0 aliphatic rings. The molecule has 0 saturated carbocycles. The predicted octanol–water partition coefficient (Wildman–Crippen LogP) is 1.38. The SMILES string of the molecule is Cc1ccc2c(sc(-c3ccc4c(c3)sc(-c3ccc(N(C)C)cc3)[n+]4C)[n+]2C)c1S(=O)(=O)[O-].[Cl-]. The monoisotopic (exact) mass is 545 g/mol. The van der Waals surface area contributed by atoms with Crippen LogP contribution in [-0.2, 0) is 24.2 Å². The van der Waals surface area contributed by atoms with Gasteiger partial charge in [0, 0.05) is 31.9 Å². The summed E-state index contributed by atoms with van der Waals surface area (Å²) in [4.78, 5) is 1.96. The van der Waals surface area contributed by atoms with Gasteiger partial charge in [0.05, 0.1) is 16.0 Å². The van der Waals surface area contributed by atoms with Gasteiger partial charge in [-0.1, -0.05) is 28.7 Å². The van der Waals surface area contributed by atoms with E-state index in [1.165, 1.54) is 11.3 Å². The molecule has 0 atom stereocenters. The lowest BCUT2D eigenvalue weighted by atomic mass is 10.2. The van der Waals surface area contributed by atoms with Crippen LogP contribution in [0.5, 0.6) is 0 Å². The molecule has 0 aliphatic heterocycles. The van der Waals surface area contributed by atoms with E-state index in [4.69, 9.17) is 0 Å². The zero-order chi connectivity index (χ0) is 24.4. The van der Waals surface area contributed by atoms with Crippen LogP contribution in [0.15, 0.2) is 59.5 Å². The molecule has 0 bridgehead atoms. The number of anilines is 1. The topological polar surface area (TPSA) is 68.2 Å². The van der Waals surface area contributed by atoms with E-state index in [-0.39, 0.29) is 17.3 Å². The molecule has 3 aromatic carbocycles. The van der Waals surface area contributed by atoms with Crippen LogP contribution in [0, 0.1) is 6.92 Å². The fourth-order valence-corrected chi connectivity index (χ4v) is 7.95. The fraction of sp³-hybridized carbons (Fsp3) is 0.200. The molecule has 0 spiro atoms. The predicted molar refractivity (Wildman–Crippen MR) is 137 cm³/mol. The van der Waals surface area contributed by atoms with Gasteiger partial charge in [-0.2, -0.15) is 9.13 Å². The number of halogens is 1. The molecular formula is C25H24ClN3O3S3. The Balaban J connectivity index is 0.00000289. The number of rotatable bonds is 4. The minimum atomic E-state index is -4.58. The smallest absolute Gasteiger partial charge is 0.269 e. The average molecular weight is 546 g/mol. The maximum Gasteiger partial charge on any atom is 0.269 e. The van der Waals surface area contributed by atoms with Crippen molar-refractivity contribution < 1.29 is 34.5 Å². The Bertz CT molecular complexity index is 1690. The number of hydrogen-bond donors (Lipinski definition) is 0. The van der Waals surface area contributed by atoms with Crippen molar-refractivity contribution in [1.82, 2.24) is 0 Å². The summed E-state index contributed by atoms with van der Waals surface area (Å²) >= 11 is 3.06. The second-order valence-electron chi connectivity index (χ2n) is 8.57. The van der Waals surface area contributed by atoms with Gasteiger partial charge in [0.1, 0.15) is 33.6 Å². The fourth-order valence-electron chi connectivity index (χ4n) is 4.29. The normalized spacial score (nSPS) is 11.7. The first-order valence-corrected chi connectivity index (χ1v) is 13.7. The van der Waals surface area contributed by atoms with Crippen LogP contribution in [0.25, 0.3) is 41.6 Å². The third kappa shape index (κ3) is 4.32. The standard InChI is InChI=1S/C25H24N3O3S3.ClH/c1-15-6-12-20-22(23(15)34(29,30)31)33-25(28(20)5)17-9-13-19-21(14-17)32-24(27(19)4)16-7-10-18(11-8-16)26(2)3;/h6-14H,1-5H3;1H/q+1;/p-1. The largest absolute Gasteiger partial charge is 1.00 e. The van der Waals surface area contributed by atoms with Crippen molar-refractivity contribution in [3.05, 3.63) is 60.2 Å². The molecule has 0 aliphatic carbocycles. The van der Waals surface area contributed by atoms with E-state index in [0.717, 1.165) is 42.6 Å². The molecular weight excluding hydrogens is 522 g/mol. The van der Waals surface area contributed by atoms with Crippen molar-refractivity contribution in [2.45, 2.75) is 11.8 Å². The second kappa shape index (κ2) is 9.15. The van der Waals surface area contributed by atoms with Crippen LogP contribution in [0.3, 0.4) is 0 Å². The van der Waals surface area contributed by atoms with Crippen LogP contribution in [0.4, 0.5) is 5.69 Å². The summed E-state index contributed by atoms with van der Waals surface area (Å²) in [6.07, 6.45) is 0. The maximum absolute atomic E-state index is 12.0. The zero-order valence-corrected chi connectivity index (χ0v) is 23.1. The minimum Gasteiger partial charge on any atom is -1.00 e. The van der Waals surface area contributed by atoms with Gasteiger partial charge in [0.25, 0.3) is 10.0 Å². The number of benzene rings is 3. The van der Waals surface area contributed by atoms with Crippen molar-refractivity contribution in [2.75, 3.05) is 19.0 Å². The van der Waals surface area contributed by atoms with Gasteiger partial charge in [-0.15, -0.1) is 0 Å². The first-order valence-electron chi connectivity index (χ1n) is 10.6. The molecule has 35 heavy (non-hydrogen) atoms. The van der Waals surface area contributed by atoms with E-state index in [0.29, 0.717) is 10.3 Å². The highest BCUT2D eigenvalue weighted by molar-refractivity contribution is 7.86. The molecule has 2 aromatic heterocycles. The first kappa shape index (κ1) is 25.5. The number of hydrogen-bond acceptors (Lipinski definition) is 6. The average Bonchev–Trinajstić information content (AvgIpc) is 3.29. The third-order valence-electron chi connectivity index (χ3n) is 6.11. The summed E-state index contributed by atoms with van der Waals surface area (Å²) in [5, 5.41) is 2.06. The van der Waals surface area contributed by atoms with Gasteiger partial charge in [0.15, 0.2) is 0 Å². The Morgan fingerprint density at radius 1 is 0.829 bits per heavy atom. The molecule has 0 unspecified atom stereocenters. The molecule has 0 radical (unpaired) electrons. The lowest BCUT2D eigenvalue weighted by Crippen LogP contribution is -3.00. The Morgan fingerprint density at radius 3 is 2.03 bits per heavy atom. The molecule has 10 heteroatoms. The number of aryl methyl sites for hydroxylation is 3. The van der Waals surface area contributed by atoms with Crippen LogP contribution < -0.4 is 26.4 Å². The molecule has 2 heterocycles. The molecule has 5 aromatic rings. The van der Waals surface area contributed by atoms with Gasteiger partial charge in [-0.25, -0.2) is 8.42 Å². The van der Waals surface area contributed by atoms with Gasteiger partial charge < -0.3 is 21.9 Å². The molecule has 0 fully saturated rings. The summed E-state index contributed by atoms with van der Waals surface area (Å²) in [5.41, 5.74) is 5.63. The zero-order valence-electron chi connectivity index (χ0n) is 19.9. The van der Waals surface area contributed by atoms with E-state index >= 15 is 0 Å². The molecule has 0 amide bonds. The van der Waals surface area contributed by atoms with Crippen LogP contribution in [0.1, 0.15) is 5.56 Å². The van der Waals surface area contributed by atoms with E-state index < -0.39 is 10.1 Å². The molecule has 182 valence electrons. The minimum absolute atomic E-state index is 0. The van der Waals surface area contributed by atoms with Crippen LogP contribution in [-0.4, -0.2) is 27.1 Å². The van der Waals surface area contributed by atoms with Gasteiger partial charge in [-0.3, -0.25) is 0 Å². The van der Waals surface area contributed by atoms with Gasteiger partial charge in [-0.05, 0) is 48.9 Å². The summed E-state index contributed by atoms with van der Waals surface area (Å²) in [7, 11) is 3.45. The number of fused-ring (bicyclic) bond motifs is 2. The lowest BCUT2D eigenvalue weighted by Gasteiger charge is -2.11. The Kier molecular flexibility index (Phi) is 6.67. The molecule has 0 N–H and O–H groups in total. The molecule has 0 saturated heterocycles. The van der Waals surface area contributed by atoms with Crippen molar-refractivity contribution in [2.24, 2.45) is 14.1 Å². The number of aromatic nitrogens is 2. The summed E-state index contributed by atoms with van der Waals surface area (Å²) in [5.74, 6) is 0. The number of thiazole rings is 2. The van der Waals surface area contributed by atoms with Gasteiger partial charge >= 0.3 is 0 Å². The van der Waals surface area contributed by atoms with E-state index in [2.05, 4.69) is 59.0 Å². The lowest BCUT2D eigenvalue weighted by molar-refractivity contribution is -0.629. The molecule has 5 rings (SSSR count). The Hall–Kier alpha value is -2.56. The summed E-state index contributed by atoms with van der Waals surface area (Å²) < 4.78 is 41.7. The highest BCUT2D eigenvalue weighted by Gasteiger charge is 2.26. The molecule has 6 nitrogen and oxygen atoms in total. The summed E-state index contributed by atoms with van der Waals surface area (Å²) in [6.45, 7) is 1.66. The van der Waals surface area contributed by atoms with Crippen LogP contribution in [0.2, 0.25) is 0 Å². The van der Waals surface area contributed by atoms with Crippen molar-refractivity contribution in [3.63, 3.8) is 0 Å². The van der Waals surface area contributed by atoms with E-state index in [1.54, 1.807) is 24.3 Å². The highest BCUT2D eigenvalue weighted by Crippen LogP contribution is 2.37. The van der Waals surface area contributed by atoms with E-state index in [1.807, 2.05) is 31.8 Å². The maximum atomic E-state index is 12.0. The van der Waals surface area contributed by atoms with Crippen molar-refractivity contribution >= 4 is 58.9 Å². The van der Waals surface area contributed by atoms with Crippen molar-refractivity contribution in [1.29, 1.82) is 0 Å². The Morgan fingerprint density at radius 2 is 1.40 bits per heavy atom. The first-order chi connectivity index (χ1) is 16.1.